The highest BCUT2D eigenvalue weighted by atomic mass is 16.4. The first-order valence-electron chi connectivity index (χ1n) is 4.13. The van der Waals surface area contributed by atoms with Crippen molar-refractivity contribution in [1.29, 1.82) is 5.26 Å². The van der Waals surface area contributed by atoms with E-state index in [-0.39, 0.29) is 12.0 Å². The van der Waals surface area contributed by atoms with E-state index < -0.39 is 6.09 Å². The number of hydrogen-bond acceptors (Lipinski definition) is 2. The van der Waals surface area contributed by atoms with Gasteiger partial charge in [-0.05, 0) is 12.8 Å². The lowest BCUT2D eigenvalue weighted by Gasteiger charge is -2.26. The second kappa shape index (κ2) is 3.96. The monoisotopic (exact) mass is 168 g/mol. The van der Waals surface area contributed by atoms with Crippen LogP contribution in [0.2, 0.25) is 0 Å². The number of amides is 1. The molecule has 4 nitrogen and oxygen atoms in total. The van der Waals surface area contributed by atoms with Crippen molar-refractivity contribution in [3.05, 3.63) is 0 Å². The van der Waals surface area contributed by atoms with Crippen molar-refractivity contribution in [1.82, 2.24) is 5.32 Å². The summed E-state index contributed by atoms with van der Waals surface area (Å²) in [5.74, 6) is -0.130. The van der Waals surface area contributed by atoms with Gasteiger partial charge in [-0.1, -0.05) is 12.8 Å². The van der Waals surface area contributed by atoms with Gasteiger partial charge < -0.3 is 10.4 Å². The smallest absolute Gasteiger partial charge is 0.404 e. The molecular weight excluding hydrogens is 156 g/mol. The predicted octanol–water partition coefficient (Wildman–Crippen LogP) is 1.34. The average molecular weight is 168 g/mol. The first kappa shape index (κ1) is 8.85. The van der Waals surface area contributed by atoms with Crippen LogP contribution in [0.5, 0.6) is 0 Å². The van der Waals surface area contributed by atoms with E-state index in [1.807, 2.05) is 0 Å². The normalized spacial score (nSPS) is 28.9. The molecule has 0 unspecified atom stereocenters. The maximum absolute atomic E-state index is 10.3. The molecule has 0 heterocycles. The Morgan fingerprint density at radius 1 is 1.50 bits per heavy atom. The van der Waals surface area contributed by atoms with Gasteiger partial charge in [-0.2, -0.15) is 5.26 Å². The first-order valence-corrected chi connectivity index (χ1v) is 4.13. The van der Waals surface area contributed by atoms with Crippen molar-refractivity contribution >= 4 is 6.09 Å². The molecule has 1 aliphatic rings. The van der Waals surface area contributed by atoms with Crippen molar-refractivity contribution in [3.63, 3.8) is 0 Å². The van der Waals surface area contributed by atoms with Crippen molar-refractivity contribution in [2.45, 2.75) is 31.7 Å². The highest BCUT2D eigenvalue weighted by Gasteiger charge is 2.25. The summed E-state index contributed by atoms with van der Waals surface area (Å²) in [7, 11) is 0. The topological polar surface area (TPSA) is 73.1 Å². The molecule has 0 saturated heterocycles. The Kier molecular flexibility index (Phi) is 2.92. The first-order chi connectivity index (χ1) is 5.74. The van der Waals surface area contributed by atoms with Crippen molar-refractivity contribution < 1.29 is 9.90 Å². The van der Waals surface area contributed by atoms with Crippen LogP contribution in [0.1, 0.15) is 25.7 Å². The van der Waals surface area contributed by atoms with Crippen LogP contribution >= 0.6 is 0 Å². The van der Waals surface area contributed by atoms with E-state index in [9.17, 15) is 4.79 Å². The zero-order valence-electron chi connectivity index (χ0n) is 6.79. The zero-order chi connectivity index (χ0) is 8.97. The molecule has 0 aromatic carbocycles. The molecule has 4 heteroatoms. The van der Waals surface area contributed by atoms with E-state index in [0.29, 0.717) is 0 Å². The van der Waals surface area contributed by atoms with Crippen molar-refractivity contribution in [2.75, 3.05) is 0 Å². The minimum atomic E-state index is -1.03. The van der Waals surface area contributed by atoms with Crippen LogP contribution in [-0.2, 0) is 0 Å². The van der Waals surface area contributed by atoms with E-state index in [4.69, 9.17) is 10.4 Å². The lowest BCUT2D eigenvalue weighted by Crippen LogP contribution is -2.40. The second-order valence-corrected chi connectivity index (χ2v) is 3.08. The van der Waals surface area contributed by atoms with E-state index in [1.54, 1.807) is 0 Å². The van der Waals surface area contributed by atoms with Gasteiger partial charge in [-0.3, -0.25) is 0 Å². The fourth-order valence-electron chi connectivity index (χ4n) is 1.62. The molecule has 2 N–H and O–H groups in total. The SMILES string of the molecule is N#C[C@@H]1CCCC[C@H]1NC(=O)O. The summed E-state index contributed by atoms with van der Waals surface area (Å²) < 4.78 is 0. The molecular formula is C8H12N2O2. The summed E-state index contributed by atoms with van der Waals surface area (Å²) in [4.78, 5) is 10.3. The number of carbonyl (C=O) groups is 1. The highest BCUT2D eigenvalue weighted by molar-refractivity contribution is 5.65. The molecule has 12 heavy (non-hydrogen) atoms. The maximum atomic E-state index is 10.3. The van der Waals surface area contributed by atoms with Gasteiger partial charge in [0.15, 0.2) is 0 Å². The number of nitriles is 1. The van der Waals surface area contributed by atoms with Crippen LogP contribution in [0.25, 0.3) is 0 Å². The van der Waals surface area contributed by atoms with E-state index in [2.05, 4.69) is 11.4 Å². The molecule has 0 aromatic heterocycles. The van der Waals surface area contributed by atoms with Gasteiger partial charge in [0.2, 0.25) is 0 Å². The Hall–Kier alpha value is -1.24. The minimum Gasteiger partial charge on any atom is -0.465 e. The maximum Gasteiger partial charge on any atom is 0.404 e. The second-order valence-electron chi connectivity index (χ2n) is 3.08. The molecule has 1 rings (SSSR count). The number of rotatable bonds is 1. The summed E-state index contributed by atoms with van der Waals surface area (Å²) in [6.07, 6.45) is 2.65. The average Bonchev–Trinajstić information content (AvgIpc) is 2.04. The van der Waals surface area contributed by atoms with Crippen LogP contribution in [0, 0.1) is 17.2 Å². The molecule has 0 aromatic rings. The summed E-state index contributed by atoms with van der Waals surface area (Å²) in [5.41, 5.74) is 0. The molecule has 0 radical (unpaired) electrons. The predicted molar refractivity (Wildman–Crippen MR) is 42.5 cm³/mol. The molecule has 1 aliphatic carbocycles. The van der Waals surface area contributed by atoms with Gasteiger partial charge in [0.1, 0.15) is 0 Å². The van der Waals surface area contributed by atoms with Gasteiger partial charge in [0.05, 0.1) is 12.0 Å². The largest absolute Gasteiger partial charge is 0.465 e. The van der Waals surface area contributed by atoms with Crippen molar-refractivity contribution in [2.24, 2.45) is 5.92 Å². The standard InChI is InChI=1S/C8H12N2O2/c9-5-6-3-1-2-4-7(6)10-8(11)12/h6-7,10H,1-4H2,(H,11,12)/t6-,7+/m0/s1. The number of hydrogen-bond donors (Lipinski definition) is 2. The third-order valence-corrected chi connectivity index (χ3v) is 2.24. The van der Waals surface area contributed by atoms with Crippen LogP contribution in [0.15, 0.2) is 0 Å². The van der Waals surface area contributed by atoms with Gasteiger partial charge in [-0.25, -0.2) is 4.79 Å². The number of nitrogens with one attached hydrogen (secondary N) is 1. The Balaban J connectivity index is 2.48. The minimum absolute atomic E-state index is 0.130. The summed E-state index contributed by atoms with van der Waals surface area (Å²) in [6.45, 7) is 0. The summed E-state index contributed by atoms with van der Waals surface area (Å²) in [5, 5.41) is 19.5. The molecule has 0 aliphatic heterocycles. The van der Waals surface area contributed by atoms with E-state index in [0.717, 1.165) is 25.7 Å². The van der Waals surface area contributed by atoms with Gasteiger partial charge in [-0.15, -0.1) is 0 Å². The Morgan fingerprint density at radius 2 is 2.17 bits per heavy atom. The van der Waals surface area contributed by atoms with Crippen molar-refractivity contribution in [3.8, 4) is 6.07 Å². The number of carboxylic acid groups (broad SMARTS) is 1. The van der Waals surface area contributed by atoms with Crippen LogP contribution in [0.4, 0.5) is 4.79 Å². The Labute approximate surface area is 71.2 Å². The zero-order valence-corrected chi connectivity index (χ0v) is 6.79. The molecule has 1 saturated carbocycles. The van der Waals surface area contributed by atoms with E-state index in [1.165, 1.54) is 0 Å². The molecule has 0 spiro atoms. The van der Waals surface area contributed by atoms with E-state index >= 15 is 0 Å². The van der Waals surface area contributed by atoms with Gasteiger partial charge >= 0.3 is 6.09 Å². The van der Waals surface area contributed by atoms with Crippen LogP contribution in [-0.4, -0.2) is 17.2 Å². The molecule has 1 amide bonds. The third kappa shape index (κ3) is 2.12. The van der Waals surface area contributed by atoms with Crippen LogP contribution < -0.4 is 5.32 Å². The van der Waals surface area contributed by atoms with Crippen LogP contribution in [0.3, 0.4) is 0 Å². The Bertz CT molecular complexity index is 210. The molecule has 0 bridgehead atoms. The third-order valence-electron chi connectivity index (χ3n) is 2.24. The molecule has 1 fully saturated rings. The molecule has 2 atom stereocenters. The quantitative estimate of drug-likeness (QED) is 0.620. The fraction of sp³-hybridized carbons (Fsp3) is 0.750. The lowest BCUT2D eigenvalue weighted by molar-refractivity contribution is 0.181. The summed E-state index contributed by atoms with van der Waals surface area (Å²) >= 11 is 0. The highest BCUT2D eigenvalue weighted by Crippen LogP contribution is 2.23. The summed E-state index contributed by atoms with van der Waals surface area (Å²) in [6, 6.07) is 1.98. The lowest BCUT2D eigenvalue weighted by atomic mass is 9.86. The molecule has 66 valence electrons. The number of nitrogens with zero attached hydrogens (tertiary/aromatic N) is 1. The van der Waals surface area contributed by atoms with Gasteiger partial charge in [0.25, 0.3) is 0 Å². The fourth-order valence-corrected chi connectivity index (χ4v) is 1.62. The Morgan fingerprint density at radius 3 is 2.75 bits per heavy atom. The van der Waals surface area contributed by atoms with Gasteiger partial charge in [0, 0.05) is 6.04 Å².